The summed E-state index contributed by atoms with van der Waals surface area (Å²) in [5, 5.41) is 0. The number of piperidine rings is 2. The third-order valence-electron chi connectivity index (χ3n) is 5.62. The van der Waals surface area contributed by atoms with Crippen molar-refractivity contribution in [1.82, 2.24) is 9.80 Å². The van der Waals surface area contributed by atoms with E-state index in [0.717, 1.165) is 32.5 Å². The van der Waals surface area contributed by atoms with Crippen LogP contribution < -0.4 is 10.6 Å². The molecule has 5 heteroatoms. The van der Waals surface area contributed by atoms with Gasteiger partial charge >= 0.3 is 0 Å². The van der Waals surface area contributed by atoms with E-state index in [1.807, 2.05) is 6.07 Å². The van der Waals surface area contributed by atoms with Crippen LogP contribution in [0.15, 0.2) is 18.2 Å². The molecule has 2 fully saturated rings. The smallest absolute Gasteiger partial charge is 0.148 e. The monoisotopic (exact) mass is 334 g/mol. The minimum atomic E-state index is -0.202. The van der Waals surface area contributed by atoms with Gasteiger partial charge in [-0.2, -0.15) is 0 Å². The molecular formula is C19H31FN4. The summed E-state index contributed by atoms with van der Waals surface area (Å²) in [6.45, 7) is 6.69. The molecule has 24 heavy (non-hydrogen) atoms. The van der Waals surface area contributed by atoms with Gasteiger partial charge in [0.1, 0.15) is 5.82 Å². The van der Waals surface area contributed by atoms with Crippen LogP contribution in [-0.2, 0) is 0 Å². The predicted molar refractivity (Wildman–Crippen MR) is 99.0 cm³/mol. The van der Waals surface area contributed by atoms with Crippen LogP contribution in [0.2, 0.25) is 0 Å². The van der Waals surface area contributed by atoms with Crippen LogP contribution in [0.5, 0.6) is 0 Å². The molecule has 1 aromatic carbocycles. The second-order valence-electron chi connectivity index (χ2n) is 7.31. The maximum atomic E-state index is 14.1. The number of likely N-dealkylation sites (tertiary alicyclic amines) is 1. The van der Waals surface area contributed by atoms with Gasteiger partial charge in [-0.25, -0.2) is 4.39 Å². The molecule has 0 bridgehead atoms. The van der Waals surface area contributed by atoms with E-state index in [2.05, 4.69) is 21.7 Å². The highest BCUT2D eigenvalue weighted by atomic mass is 19.1. The molecule has 134 valence electrons. The number of anilines is 2. The van der Waals surface area contributed by atoms with Crippen molar-refractivity contribution in [3.05, 3.63) is 24.0 Å². The van der Waals surface area contributed by atoms with Crippen molar-refractivity contribution >= 4 is 11.4 Å². The molecule has 0 aromatic heterocycles. The lowest BCUT2D eigenvalue weighted by molar-refractivity contribution is 0.157. The summed E-state index contributed by atoms with van der Waals surface area (Å²) in [4.78, 5) is 7.26. The van der Waals surface area contributed by atoms with Crippen molar-refractivity contribution in [3.63, 3.8) is 0 Å². The Morgan fingerprint density at radius 1 is 1.12 bits per heavy atom. The Hall–Kier alpha value is -1.33. The summed E-state index contributed by atoms with van der Waals surface area (Å²) in [5.41, 5.74) is 6.83. The third-order valence-corrected chi connectivity index (χ3v) is 5.62. The van der Waals surface area contributed by atoms with E-state index in [4.69, 9.17) is 5.73 Å². The molecule has 0 atom stereocenters. The van der Waals surface area contributed by atoms with Gasteiger partial charge in [-0.15, -0.1) is 0 Å². The fourth-order valence-corrected chi connectivity index (χ4v) is 3.99. The molecule has 2 aliphatic heterocycles. The van der Waals surface area contributed by atoms with Crippen molar-refractivity contribution in [2.75, 3.05) is 56.9 Å². The minimum absolute atomic E-state index is 0.202. The number of halogens is 1. The Morgan fingerprint density at radius 3 is 2.50 bits per heavy atom. The van der Waals surface area contributed by atoms with Crippen molar-refractivity contribution < 1.29 is 4.39 Å². The van der Waals surface area contributed by atoms with Gasteiger partial charge in [0, 0.05) is 37.9 Å². The van der Waals surface area contributed by atoms with E-state index in [1.54, 1.807) is 6.07 Å². The van der Waals surface area contributed by atoms with Crippen LogP contribution in [0, 0.1) is 5.82 Å². The lowest BCUT2D eigenvalue weighted by atomic mass is 10.0. The Bertz CT molecular complexity index is 522. The molecule has 0 amide bonds. The Kier molecular flexibility index (Phi) is 5.95. The van der Waals surface area contributed by atoms with Crippen LogP contribution in [-0.4, -0.2) is 62.2 Å². The van der Waals surface area contributed by atoms with Crippen molar-refractivity contribution in [2.24, 2.45) is 0 Å². The fourth-order valence-electron chi connectivity index (χ4n) is 3.99. The van der Waals surface area contributed by atoms with E-state index in [-0.39, 0.29) is 5.82 Å². The van der Waals surface area contributed by atoms with E-state index in [0.29, 0.717) is 17.4 Å². The Labute approximate surface area is 145 Å². The molecule has 0 aliphatic carbocycles. The fraction of sp³-hybridized carbons (Fsp3) is 0.684. The zero-order valence-electron chi connectivity index (χ0n) is 14.9. The SMILES string of the molecule is CN(CCN1CCCCC1)C1CCN(c2ccc(N)cc2F)CC1. The average molecular weight is 334 g/mol. The van der Waals surface area contributed by atoms with Crippen LogP contribution in [0.3, 0.4) is 0 Å². The molecule has 0 spiro atoms. The number of hydrogen-bond acceptors (Lipinski definition) is 4. The van der Waals surface area contributed by atoms with Gasteiger partial charge in [-0.1, -0.05) is 6.42 Å². The first-order chi connectivity index (χ1) is 11.6. The highest BCUT2D eigenvalue weighted by molar-refractivity contribution is 5.54. The molecule has 2 saturated heterocycles. The number of hydrogen-bond donors (Lipinski definition) is 1. The third kappa shape index (κ3) is 4.39. The van der Waals surface area contributed by atoms with Crippen molar-refractivity contribution in [3.8, 4) is 0 Å². The maximum absolute atomic E-state index is 14.1. The maximum Gasteiger partial charge on any atom is 0.148 e. The molecule has 1 aromatic rings. The van der Waals surface area contributed by atoms with Gasteiger partial charge in [0.25, 0.3) is 0 Å². The second-order valence-corrected chi connectivity index (χ2v) is 7.31. The summed E-state index contributed by atoms with van der Waals surface area (Å²) < 4.78 is 14.1. The summed E-state index contributed by atoms with van der Waals surface area (Å²) >= 11 is 0. The van der Waals surface area contributed by atoms with E-state index >= 15 is 0 Å². The molecule has 2 heterocycles. The highest BCUT2D eigenvalue weighted by Gasteiger charge is 2.24. The second kappa shape index (κ2) is 8.17. The van der Waals surface area contributed by atoms with Crippen molar-refractivity contribution in [1.29, 1.82) is 0 Å². The first-order valence-corrected chi connectivity index (χ1v) is 9.36. The van der Waals surface area contributed by atoms with E-state index < -0.39 is 0 Å². The average Bonchev–Trinajstić information content (AvgIpc) is 2.61. The van der Waals surface area contributed by atoms with Crippen molar-refractivity contribution in [2.45, 2.75) is 38.1 Å². The van der Waals surface area contributed by atoms with Gasteiger partial charge in [0.15, 0.2) is 0 Å². The van der Waals surface area contributed by atoms with E-state index in [1.165, 1.54) is 45.0 Å². The predicted octanol–water partition coefficient (Wildman–Crippen LogP) is 2.79. The minimum Gasteiger partial charge on any atom is -0.399 e. The molecule has 2 aliphatic rings. The largest absolute Gasteiger partial charge is 0.399 e. The normalized spacial score (nSPS) is 20.7. The van der Waals surface area contributed by atoms with Gasteiger partial charge in [0.05, 0.1) is 5.69 Å². The Morgan fingerprint density at radius 2 is 1.83 bits per heavy atom. The number of rotatable bonds is 5. The Balaban J connectivity index is 1.45. The molecule has 3 rings (SSSR count). The number of nitrogen functional groups attached to an aromatic ring is 1. The van der Waals surface area contributed by atoms with Crippen LogP contribution in [0.25, 0.3) is 0 Å². The van der Waals surface area contributed by atoms with Crippen LogP contribution >= 0.6 is 0 Å². The van der Waals surface area contributed by atoms with Gasteiger partial charge < -0.3 is 20.4 Å². The summed E-state index contributed by atoms with van der Waals surface area (Å²) in [7, 11) is 2.24. The molecule has 0 unspecified atom stereocenters. The zero-order chi connectivity index (χ0) is 16.9. The number of nitrogens with two attached hydrogens (primary N) is 1. The molecule has 4 nitrogen and oxygen atoms in total. The first kappa shape index (κ1) is 17.5. The molecular weight excluding hydrogens is 303 g/mol. The lowest BCUT2D eigenvalue weighted by Crippen LogP contribution is -2.46. The number of likely N-dealkylation sites (N-methyl/N-ethyl adjacent to an activating group) is 1. The standard InChI is InChI=1S/C19H31FN4/c1-22(13-14-23-9-3-2-4-10-23)17-7-11-24(12-8-17)19-6-5-16(21)15-18(19)20/h5-6,15,17H,2-4,7-14,21H2,1H3. The summed E-state index contributed by atoms with van der Waals surface area (Å²) in [6, 6.07) is 5.63. The molecule has 0 radical (unpaired) electrons. The first-order valence-electron chi connectivity index (χ1n) is 9.36. The van der Waals surface area contributed by atoms with Crippen LogP contribution in [0.1, 0.15) is 32.1 Å². The molecule has 2 N–H and O–H groups in total. The highest BCUT2D eigenvalue weighted by Crippen LogP contribution is 2.26. The number of benzene rings is 1. The van der Waals surface area contributed by atoms with Gasteiger partial charge in [0.2, 0.25) is 0 Å². The zero-order valence-corrected chi connectivity index (χ0v) is 14.9. The number of nitrogens with zero attached hydrogens (tertiary/aromatic N) is 3. The van der Waals surface area contributed by atoms with E-state index in [9.17, 15) is 4.39 Å². The topological polar surface area (TPSA) is 35.7 Å². The lowest BCUT2D eigenvalue weighted by Gasteiger charge is -2.39. The molecule has 0 saturated carbocycles. The van der Waals surface area contributed by atoms with Crippen LogP contribution in [0.4, 0.5) is 15.8 Å². The quantitative estimate of drug-likeness (QED) is 0.840. The van der Waals surface area contributed by atoms with Gasteiger partial charge in [-0.3, -0.25) is 0 Å². The van der Waals surface area contributed by atoms with Gasteiger partial charge in [-0.05, 0) is 64.0 Å². The summed E-state index contributed by atoms with van der Waals surface area (Å²) in [5.74, 6) is -0.202. The summed E-state index contributed by atoms with van der Waals surface area (Å²) in [6.07, 6.45) is 6.30.